The van der Waals surface area contributed by atoms with Crippen molar-refractivity contribution in [3.05, 3.63) is 53.5 Å². The van der Waals surface area contributed by atoms with Crippen LogP contribution in [0.15, 0.2) is 41.0 Å². The first kappa shape index (κ1) is 18.6. The average molecular weight is 381 g/mol. The lowest BCUT2D eigenvalue weighted by Crippen LogP contribution is -2.53. The van der Waals surface area contributed by atoms with E-state index in [1.807, 2.05) is 11.8 Å². The topological polar surface area (TPSA) is 65.8 Å². The predicted molar refractivity (Wildman–Crippen MR) is 107 cm³/mol. The Morgan fingerprint density at radius 2 is 1.75 bits per heavy atom. The van der Waals surface area contributed by atoms with Gasteiger partial charge in [-0.15, -0.1) is 0 Å². The molecule has 6 heteroatoms. The van der Waals surface area contributed by atoms with Crippen molar-refractivity contribution in [2.45, 2.75) is 38.6 Å². The predicted octanol–water partition coefficient (Wildman–Crippen LogP) is 2.94. The Morgan fingerprint density at radius 1 is 1.00 bits per heavy atom. The van der Waals surface area contributed by atoms with Gasteiger partial charge in [-0.2, -0.15) is 0 Å². The lowest BCUT2D eigenvalue weighted by Gasteiger charge is -2.36. The monoisotopic (exact) mass is 381 g/mol. The lowest BCUT2D eigenvalue weighted by atomic mass is 9.90. The fourth-order valence-corrected chi connectivity index (χ4v) is 4.17. The fraction of sp³-hybridized carbons (Fsp3) is 0.455. The molecule has 0 bridgehead atoms. The molecule has 28 heavy (non-hydrogen) atoms. The second-order valence-corrected chi connectivity index (χ2v) is 7.61. The van der Waals surface area contributed by atoms with E-state index in [0.717, 1.165) is 18.5 Å². The molecule has 0 spiro atoms. The maximum Gasteiger partial charge on any atom is 0.289 e. The van der Waals surface area contributed by atoms with Crippen LogP contribution >= 0.6 is 0 Å². The molecule has 148 valence electrons. The van der Waals surface area contributed by atoms with E-state index < -0.39 is 0 Å². The molecule has 1 N–H and O–H groups in total. The summed E-state index contributed by atoms with van der Waals surface area (Å²) in [7, 11) is 0. The Bertz CT molecular complexity index is 839. The van der Waals surface area contributed by atoms with Crippen LogP contribution in [-0.2, 0) is 17.6 Å². The highest BCUT2D eigenvalue weighted by molar-refractivity contribution is 5.92. The fourth-order valence-electron chi connectivity index (χ4n) is 4.17. The molecule has 2 aromatic rings. The number of anilines is 1. The molecule has 2 amide bonds. The number of carbonyl (C=O) groups is 2. The van der Waals surface area contributed by atoms with Crippen LogP contribution in [0.1, 0.15) is 41.4 Å². The Labute approximate surface area is 165 Å². The molecular formula is C22H27N3O3. The van der Waals surface area contributed by atoms with Crippen LogP contribution in [0.2, 0.25) is 0 Å². The van der Waals surface area contributed by atoms with Gasteiger partial charge in [0.25, 0.3) is 5.91 Å². The molecule has 0 saturated carbocycles. The van der Waals surface area contributed by atoms with Crippen molar-refractivity contribution in [3.8, 4) is 0 Å². The van der Waals surface area contributed by atoms with Crippen molar-refractivity contribution in [2.75, 3.05) is 31.5 Å². The highest BCUT2D eigenvalue weighted by atomic mass is 16.3. The molecule has 1 aromatic carbocycles. The average Bonchev–Trinajstić information content (AvgIpc) is 3.28. The van der Waals surface area contributed by atoms with E-state index in [1.54, 1.807) is 17.0 Å². The minimum absolute atomic E-state index is 0.0820. The minimum atomic E-state index is -0.291. The van der Waals surface area contributed by atoms with E-state index in [0.29, 0.717) is 31.9 Å². The Morgan fingerprint density at radius 3 is 2.50 bits per heavy atom. The van der Waals surface area contributed by atoms with Crippen LogP contribution in [0.5, 0.6) is 0 Å². The molecule has 4 rings (SSSR count). The number of fused-ring (bicyclic) bond motifs is 1. The van der Waals surface area contributed by atoms with Crippen molar-refractivity contribution < 1.29 is 14.0 Å². The molecule has 1 aromatic heterocycles. The third-order valence-electron chi connectivity index (χ3n) is 5.75. The number of aryl methyl sites for hydroxylation is 1. The highest BCUT2D eigenvalue weighted by Gasteiger charge is 2.28. The van der Waals surface area contributed by atoms with Crippen LogP contribution in [-0.4, -0.2) is 53.8 Å². The van der Waals surface area contributed by atoms with Crippen molar-refractivity contribution in [1.29, 1.82) is 0 Å². The minimum Gasteiger partial charge on any atom is -0.459 e. The maximum atomic E-state index is 12.9. The number of hydrogen-bond acceptors (Lipinski definition) is 4. The van der Waals surface area contributed by atoms with Crippen LogP contribution in [0.25, 0.3) is 0 Å². The third kappa shape index (κ3) is 3.77. The van der Waals surface area contributed by atoms with Gasteiger partial charge in [0, 0.05) is 31.9 Å². The van der Waals surface area contributed by atoms with E-state index in [9.17, 15) is 9.59 Å². The molecular weight excluding hydrogens is 354 g/mol. The van der Waals surface area contributed by atoms with E-state index >= 15 is 0 Å². The van der Waals surface area contributed by atoms with E-state index in [-0.39, 0.29) is 17.9 Å². The molecule has 1 saturated heterocycles. The quantitative estimate of drug-likeness (QED) is 0.884. The second kappa shape index (κ2) is 8.09. The summed E-state index contributed by atoms with van der Waals surface area (Å²) >= 11 is 0. The summed E-state index contributed by atoms with van der Waals surface area (Å²) in [5.41, 5.74) is 3.85. The number of furan rings is 1. The van der Waals surface area contributed by atoms with Gasteiger partial charge >= 0.3 is 0 Å². The Kier molecular flexibility index (Phi) is 5.37. The summed E-state index contributed by atoms with van der Waals surface area (Å²) in [5, 5.41) is 3.44. The standard InChI is InChI=1S/C22H27N3O3/c1-16(23-19-9-4-7-17-6-2-3-8-18(17)19)21(26)24-11-13-25(14-12-24)22(27)20-10-5-15-28-20/h4-5,7,9-10,15-16,23H,2-3,6,8,11-14H2,1H3/t16-/m0/s1. The van der Waals surface area contributed by atoms with Crippen molar-refractivity contribution in [3.63, 3.8) is 0 Å². The lowest BCUT2D eigenvalue weighted by molar-refractivity contribution is -0.133. The first-order valence-electron chi connectivity index (χ1n) is 10.1. The van der Waals surface area contributed by atoms with Crippen molar-refractivity contribution >= 4 is 17.5 Å². The zero-order chi connectivity index (χ0) is 19.5. The van der Waals surface area contributed by atoms with Gasteiger partial charge in [-0.3, -0.25) is 9.59 Å². The zero-order valence-corrected chi connectivity index (χ0v) is 16.3. The van der Waals surface area contributed by atoms with E-state index in [2.05, 4.69) is 23.5 Å². The number of nitrogens with zero attached hydrogens (tertiary/aromatic N) is 2. The number of hydrogen-bond donors (Lipinski definition) is 1. The van der Waals surface area contributed by atoms with Crippen LogP contribution in [0, 0.1) is 0 Å². The van der Waals surface area contributed by atoms with Crippen molar-refractivity contribution in [2.24, 2.45) is 0 Å². The number of benzene rings is 1. The molecule has 1 atom stereocenters. The summed E-state index contributed by atoms with van der Waals surface area (Å²) in [6.07, 6.45) is 6.15. The molecule has 0 unspecified atom stereocenters. The summed E-state index contributed by atoms with van der Waals surface area (Å²) in [4.78, 5) is 28.9. The highest BCUT2D eigenvalue weighted by Crippen LogP contribution is 2.28. The van der Waals surface area contributed by atoms with Gasteiger partial charge in [-0.05, 0) is 61.9 Å². The number of nitrogens with one attached hydrogen (secondary N) is 1. The Balaban J connectivity index is 1.35. The van der Waals surface area contributed by atoms with Gasteiger partial charge in [0.05, 0.1) is 6.26 Å². The van der Waals surface area contributed by atoms with Crippen molar-refractivity contribution in [1.82, 2.24) is 9.80 Å². The molecule has 1 aliphatic heterocycles. The number of carbonyl (C=O) groups excluding carboxylic acids is 2. The first-order valence-corrected chi connectivity index (χ1v) is 10.1. The van der Waals surface area contributed by atoms with Gasteiger partial charge < -0.3 is 19.5 Å². The number of rotatable bonds is 4. The third-order valence-corrected chi connectivity index (χ3v) is 5.75. The van der Waals surface area contributed by atoms with Gasteiger partial charge in [0.15, 0.2) is 5.76 Å². The Hall–Kier alpha value is -2.76. The molecule has 1 fully saturated rings. The number of amides is 2. The molecule has 0 radical (unpaired) electrons. The summed E-state index contributed by atoms with van der Waals surface area (Å²) in [6.45, 7) is 4.07. The normalized spacial score (nSPS) is 17.8. The maximum absolute atomic E-state index is 12.9. The van der Waals surface area contributed by atoms with Gasteiger partial charge in [-0.25, -0.2) is 0 Å². The zero-order valence-electron chi connectivity index (χ0n) is 16.3. The molecule has 2 heterocycles. The summed E-state index contributed by atoms with van der Waals surface area (Å²) < 4.78 is 5.19. The molecule has 2 aliphatic rings. The second-order valence-electron chi connectivity index (χ2n) is 7.61. The largest absolute Gasteiger partial charge is 0.459 e. The number of piperazine rings is 1. The van der Waals surface area contributed by atoms with Gasteiger partial charge in [-0.1, -0.05) is 12.1 Å². The van der Waals surface area contributed by atoms with Crippen LogP contribution in [0.4, 0.5) is 5.69 Å². The summed E-state index contributed by atoms with van der Waals surface area (Å²) in [5.74, 6) is 0.321. The van der Waals surface area contributed by atoms with Gasteiger partial charge in [0.1, 0.15) is 6.04 Å². The van der Waals surface area contributed by atoms with Crippen LogP contribution in [0.3, 0.4) is 0 Å². The molecule has 6 nitrogen and oxygen atoms in total. The van der Waals surface area contributed by atoms with Crippen LogP contribution < -0.4 is 5.32 Å². The van der Waals surface area contributed by atoms with E-state index in [1.165, 1.54) is 30.2 Å². The van der Waals surface area contributed by atoms with E-state index in [4.69, 9.17) is 4.42 Å². The van der Waals surface area contributed by atoms with Gasteiger partial charge in [0.2, 0.25) is 5.91 Å². The SMILES string of the molecule is C[C@H](Nc1cccc2c1CCCC2)C(=O)N1CCN(C(=O)c2ccco2)CC1. The molecule has 1 aliphatic carbocycles. The smallest absolute Gasteiger partial charge is 0.289 e. The first-order chi connectivity index (χ1) is 13.6. The summed E-state index contributed by atoms with van der Waals surface area (Å²) in [6, 6.07) is 9.44.